The third-order valence-electron chi connectivity index (χ3n) is 2.50. The van der Waals surface area contributed by atoms with E-state index >= 15 is 0 Å². The molecule has 0 saturated carbocycles. The predicted octanol–water partition coefficient (Wildman–Crippen LogP) is 1.83. The minimum absolute atomic E-state index is 0.131. The van der Waals surface area contributed by atoms with Crippen LogP contribution in [0.15, 0.2) is 18.2 Å². The second-order valence-electron chi connectivity index (χ2n) is 4.40. The van der Waals surface area contributed by atoms with E-state index in [2.05, 4.69) is 35.2 Å². The Labute approximate surface area is 95.3 Å². The molecule has 1 heterocycles. The van der Waals surface area contributed by atoms with Gasteiger partial charge < -0.3 is 10.7 Å². The molecule has 0 radical (unpaired) electrons. The lowest BCUT2D eigenvalue weighted by molar-refractivity contribution is 0.490. The highest BCUT2D eigenvalue weighted by molar-refractivity contribution is 5.75. The molecule has 4 N–H and O–H groups in total. The maximum absolute atomic E-state index is 6.05. The van der Waals surface area contributed by atoms with Crippen molar-refractivity contribution in [1.29, 1.82) is 0 Å². The first-order chi connectivity index (χ1) is 7.56. The third kappa shape index (κ3) is 2.23. The molecule has 1 atom stereocenters. The van der Waals surface area contributed by atoms with Crippen molar-refractivity contribution in [3.05, 3.63) is 29.6 Å². The van der Waals surface area contributed by atoms with Crippen molar-refractivity contribution >= 4 is 11.0 Å². The van der Waals surface area contributed by atoms with E-state index in [9.17, 15) is 0 Å². The fourth-order valence-corrected chi connectivity index (χ4v) is 1.80. The van der Waals surface area contributed by atoms with Crippen LogP contribution < -0.4 is 11.1 Å². The Bertz CT molecular complexity index is 487. The first-order valence-electron chi connectivity index (χ1n) is 5.54. The van der Waals surface area contributed by atoms with Crippen molar-refractivity contribution in [2.24, 2.45) is 5.73 Å². The highest BCUT2D eigenvalue weighted by Gasteiger charge is 2.08. The van der Waals surface area contributed by atoms with E-state index in [0.29, 0.717) is 6.04 Å². The average Bonchev–Trinajstić information content (AvgIpc) is 2.55. The molecule has 0 bridgehead atoms. The van der Waals surface area contributed by atoms with E-state index in [1.807, 2.05) is 19.1 Å². The maximum Gasteiger partial charge on any atom is 0.104 e. The molecule has 1 unspecified atom stereocenters. The molecule has 0 saturated heterocycles. The molecule has 0 aliphatic rings. The van der Waals surface area contributed by atoms with Crippen LogP contribution in [-0.4, -0.2) is 16.0 Å². The van der Waals surface area contributed by atoms with Gasteiger partial charge in [-0.25, -0.2) is 4.98 Å². The Morgan fingerprint density at radius 1 is 1.38 bits per heavy atom. The number of fused-ring (bicyclic) bond motifs is 1. The molecular weight excluding hydrogens is 200 g/mol. The molecule has 0 aliphatic heterocycles. The lowest BCUT2D eigenvalue weighted by Gasteiger charge is -2.16. The zero-order valence-corrected chi connectivity index (χ0v) is 9.91. The minimum Gasteiger partial charge on any atom is -0.342 e. The van der Waals surface area contributed by atoms with Gasteiger partial charge in [-0.15, -0.1) is 0 Å². The average molecular weight is 218 g/mol. The van der Waals surface area contributed by atoms with Gasteiger partial charge in [-0.3, -0.25) is 5.32 Å². The van der Waals surface area contributed by atoms with E-state index in [1.165, 1.54) is 0 Å². The van der Waals surface area contributed by atoms with Gasteiger partial charge in [0.05, 0.1) is 17.2 Å². The van der Waals surface area contributed by atoms with Gasteiger partial charge in [0.25, 0.3) is 0 Å². The number of benzene rings is 1. The summed E-state index contributed by atoms with van der Waals surface area (Å²) < 4.78 is 0. The van der Waals surface area contributed by atoms with Crippen LogP contribution in [0.1, 0.15) is 31.4 Å². The lowest BCUT2D eigenvalue weighted by Crippen LogP contribution is -2.33. The standard InChI is InChI=1S/C12H18N4/c1-7(2)14-12(13)9-4-5-10-11(6-9)16-8(3)15-10/h4-7,12,14H,13H2,1-3H3,(H,15,16). The molecule has 0 fully saturated rings. The fraction of sp³-hybridized carbons (Fsp3) is 0.417. The number of nitrogens with two attached hydrogens (primary N) is 1. The summed E-state index contributed by atoms with van der Waals surface area (Å²) in [6, 6.07) is 6.43. The molecule has 16 heavy (non-hydrogen) atoms. The molecule has 0 aliphatic carbocycles. The molecule has 4 nitrogen and oxygen atoms in total. The lowest BCUT2D eigenvalue weighted by atomic mass is 10.1. The van der Waals surface area contributed by atoms with Crippen molar-refractivity contribution < 1.29 is 0 Å². The number of H-pyrrole nitrogens is 1. The third-order valence-corrected chi connectivity index (χ3v) is 2.50. The Morgan fingerprint density at radius 3 is 2.81 bits per heavy atom. The molecule has 2 rings (SSSR count). The molecule has 86 valence electrons. The second kappa shape index (κ2) is 4.23. The van der Waals surface area contributed by atoms with Crippen molar-refractivity contribution in [3.63, 3.8) is 0 Å². The number of aromatic nitrogens is 2. The van der Waals surface area contributed by atoms with Crippen LogP contribution in [0.4, 0.5) is 0 Å². The van der Waals surface area contributed by atoms with E-state index < -0.39 is 0 Å². The quantitative estimate of drug-likeness (QED) is 0.688. The first kappa shape index (κ1) is 11.1. The summed E-state index contributed by atoms with van der Waals surface area (Å²) in [7, 11) is 0. The Kier molecular flexibility index (Phi) is 2.94. The summed E-state index contributed by atoms with van der Waals surface area (Å²) in [5.74, 6) is 0.928. The summed E-state index contributed by atoms with van der Waals surface area (Å²) in [5.41, 5.74) is 9.14. The largest absolute Gasteiger partial charge is 0.342 e. The van der Waals surface area contributed by atoms with Gasteiger partial charge in [-0.1, -0.05) is 6.07 Å². The second-order valence-corrected chi connectivity index (χ2v) is 4.40. The number of imidazole rings is 1. The Morgan fingerprint density at radius 2 is 2.12 bits per heavy atom. The van der Waals surface area contributed by atoms with Crippen LogP contribution in [0.3, 0.4) is 0 Å². The molecule has 0 amide bonds. The maximum atomic E-state index is 6.05. The summed E-state index contributed by atoms with van der Waals surface area (Å²) in [6.45, 7) is 6.11. The van der Waals surface area contributed by atoms with Crippen LogP contribution in [0.25, 0.3) is 11.0 Å². The minimum atomic E-state index is -0.131. The number of aryl methyl sites for hydroxylation is 1. The molecule has 1 aromatic carbocycles. The van der Waals surface area contributed by atoms with Crippen LogP contribution in [-0.2, 0) is 0 Å². The number of rotatable bonds is 3. The van der Waals surface area contributed by atoms with Gasteiger partial charge in [0.1, 0.15) is 5.82 Å². The molecule has 0 spiro atoms. The van der Waals surface area contributed by atoms with Crippen molar-refractivity contribution in [2.45, 2.75) is 33.0 Å². The highest BCUT2D eigenvalue weighted by Crippen LogP contribution is 2.16. The normalized spacial score (nSPS) is 13.6. The van der Waals surface area contributed by atoms with Gasteiger partial charge in [0, 0.05) is 6.04 Å². The fourth-order valence-electron chi connectivity index (χ4n) is 1.80. The van der Waals surface area contributed by atoms with Gasteiger partial charge in [0.15, 0.2) is 0 Å². The number of nitrogens with zero attached hydrogens (tertiary/aromatic N) is 1. The van der Waals surface area contributed by atoms with Gasteiger partial charge in [-0.2, -0.15) is 0 Å². The SMILES string of the molecule is Cc1nc2ccc(C(N)NC(C)C)cc2[nH]1. The van der Waals surface area contributed by atoms with Crippen LogP contribution in [0, 0.1) is 6.92 Å². The summed E-state index contributed by atoms with van der Waals surface area (Å²) in [5, 5.41) is 3.27. The summed E-state index contributed by atoms with van der Waals surface area (Å²) in [4.78, 5) is 7.57. The number of aromatic amines is 1. The van der Waals surface area contributed by atoms with E-state index in [-0.39, 0.29) is 6.17 Å². The van der Waals surface area contributed by atoms with E-state index in [4.69, 9.17) is 5.73 Å². The molecule has 4 heteroatoms. The monoisotopic (exact) mass is 218 g/mol. The van der Waals surface area contributed by atoms with Gasteiger partial charge in [0.2, 0.25) is 0 Å². The zero-order valence-electron chi connectivity index (χ0n) is 9.91. The highest BCUT2D eigenvalue weighted by atomic mass is 15.0. The van der Waals surface area contributed by atoms with Gasteiger partial charge >= 0.3 is 0 Å². The van der Waals surface area contributed by atoms with Crippen LogP contribution in [0.2, 0.25) is 0 Å². The Hall–Kier alpha value is -1.39. The van der Waals surface area contributed by atoms with E-state index in [0.717, 1.165) is 22.4 Å². The summed E-state index contributed by atoms with van der Waals surface area (Å²) >= 11 is 0. The van der Waals surface area contributed by atoms with Crippen molar-refractivity contribution in [1.82, 2.24) is 15.3 Å². The number of nitrogens with one attached hydrogen (secondary N) is 2. The molecular formula is C12H18N4. The van der Waals surface area contributed by atoms with E-state index in [1.54, 1.807) is 0 Å². The van der Waals surface area contributed by atoms with Crippen molar-refractivity contribution in [2.75, 3.05) is 0 Å². The Balaban J connectivity index is 2.31. The summed E-state index contributed by atoms with van der Waals surface area (Å²) in [6.07, 6.45) is -0.131. The smallest absolute Gasteiger partial charge is 0.104 e. The topological polar surface area (TPSA) is 66.7 Å². The van der Waals surface area contributed by atoms with Gasteiger partial charge in [-0.05, 0) is 38.5 Å². The first-order valence-corrected chi connectivity index (χ1v) is 5.54. The van der Waals surface area contributed by atoms with Crippen LogP contribution >= 0.6 is 0 Å². The molecule has 1 aromatic heterocycles. The predicted molar refractivity (Wildman–Crippen MR) is 66.0 cm³/mol. The zero-order chi connectivity index (χ0) is 11.7. The number of hydrogen-bond donors (Lipinski definition) is 3. The van der Waals surface area contributed by atoms with Crippen LogP contribution in [0.5, 0.6) is 0 Å². The number of hydrogen-bond acceptors (Lipinski definition) is 3. The molecule has 2 aromatic rings. The van der Waals surface area contributed by atoms with Crippen molar-refractivity contribution in [3.8, 4) is 0 Å².